The number of hydrogen-bond acceptors (Lipinski definition) is 5. The zero-order valence-electron chi connectivity index (χ0n) is 16.1. The van der Waals surface area contributed by atoms with Crippen LogP contribution in [0.25, 0.3) is 11.0 Å². The van der Waals surface area contributed by atoms with E-state index in [0.717, 1.165) is 22.9 Å². The minimum Gasteiger partial charge on any atom is -0.493 e. The number of amides is 1. The van der Waals surface area contributed by atoms with Crippen molar-refractivity contribution in [2.75, 3.05) is 13.7 Å². The molecule has 6 nitrogen and oxygen atoms in total. The second-order valence-electron chi connectivity index (χ2n) is 6.83. The number of fused-ring (bicyclic) bond motifs is 2. The molecule has 0 bridgehead atoms. The Kier molecular flexibility index (Phi) is 5.32. The first-order chi connectivity index (χ1) is 14.0. The topological polar surface area (TPSA) is 77.8 Å². The number of halogens is 1. The van der Waals surface area contributed by atoms with Crippen LogP contribution < -0.4 is 20.2 Å². The molecule has 29 heavy (non-hydrogen) atoms. The normalized spacial score (nSPS) is 15.3. The minimum absolute atomic E-state index is 0.0528. The van der Waals surface area contributed by atoms with E-state index in [1.54, 1.807) is 37.4 Å². The van der Waals surface area contributed by atoms with Crippen LogP contribution >= 0.6 is 15.9 Å². The third-order valence-electron chi connectivity index (χ3n) is 4.93. The van der Waals surface area contributed by atoms with E-state index in [0.29, 0.717) is 34.6 Å². The Morgan fingerprint density at radius 1 is 1.14 bits per heavy atom. The van der Waals surface area contributed by atoms with Gasteiger partial charge in [-0.3, -0.25) is 9.59 Å². The van der Waals surface area contributed by atoms with Gasteiger partial charge in [0.05, 0.1) is 30.7 Å². The number of hydrogen-bond donors (Lipinski definition) is 1. The summed E-state index contributed by atoms with van der Waals surface area (Å²) < 4.78 is 17.8. The van der Waals surface area contributed by atoms with Crippen molar-refractivity contribution in [1.29, 1.82) is 0 Å². The van der Waals surface area contributed by atoms with Crippen LogP contribution in [0.15, 0.2) is 50.1 Å². The molecule has 0 saturated carbocycles. The Labute approximate surface area is 175 Å². The summed E-state index contributed by atoms with van der Waals surface area (Å²) in [4.78, 5) is 25.7. The van der Waals surface area contributed by atoms with Gasteiger partial charge in [0.25, 0.3) is 5.91 Å². The molecule has 3 aromatic rings. The van der Waals surface area contributed by atoms with Gasteiger partial charge in [-0.15, -0.1) is 0 Å². The van der Waals surface area contributed by atoms with Gasteiger partial charge in [-0.25, -0.2) is 0 Å². The molecule has 0 spiro atoms. The Morgan fingerprint density at radius 3 is 2.72 bits per heavy atom. The van der Waals surface area contributed by atoms with Gasteiger partial charge >= 0.3 is 0 Å². The second kappa shape index (κ2) is 7.91. The summed E-state index contributed by atoms with van der Waals surface area (Å²) in [6, 6.07) is 9.94. The first-order valence-corrected chi connectivity index (χ1v) is 10.2. The molecule has 150 valence electrons. The van der Waals surface area contributed by atoms with Crippen LogP contribution in [-0.2, 0) is 0 Å². The summed E-state index contributed by atoms with van der Waals surface area (Å²) in [5, 5.41) is 3.27. The highest BCUT2D eigenvalue weighted by molar-refractivity contribution is 9.10. The summed E-state index contributed by atoms with van der Waals surface area (Å²) in [5.41, 5.74) is 1.18. The lowest BCUT2D eigenvalue weighted by molar-refractivity contribution is 0.0938. The summed E-state index contributed by atoms with van der Waals surface area (Å²) in [6.07, 6.45) is 1.98. The average molecular weight is 458 g/mol. The van der Waals surface area contributed by atoms with Crippen molar-refractivity contribution in [2.24, 2.45) is 0 Å². The van der Waals surface area contributed by atoms with Crippen LogP contribution in [0.3, 0.4) is 0 Å². The third-order valence-corrected chi connectivity index (χ3v) is 5.43. The summed E-state index contributed by atoms with van der Waals surface area (Å²) in [5.74, 6) is 0.823. The Bertz CT molecular complexity index is 1150. The van der Waals surface area contributed by atoms with Crippen molar-refractivity contribution < 1.29 is 18.7 Å². The molecule has 2 aromatic carbocycles. The maximum absolute atomic E-state index is 13.2. The van der Waals surface area contributed by atoms with E-state index in [1.165, 1.54) is 0 Å². The smallest absolute Gasteiger partial charge is 0.288 e. The number of rotatable bonds is 6. The van der Waals surface area contributed by atoms with E-state index in [4.69, 9.17) is 13.9 Å². The number of carbonyl (C=O) groups excluding carboxylic acids is 1. The first-order valence-electron chi connectivity index (χ1n) is 9.41. The number of methoxy groups -OCH3 is 1. The first kappa shape index (κ1) is 19.5. The van der Waals surface area contributed by atoms with Crippen molar-refractivity contribution in [2.45, 2.75) is 25.8 Å². The van der Waals surface area contributed by atoms with Gasteiger partial charge in [-0.05, 0) is 42.3 Å². The van der Waals surface area contributed by atoms with Crippen LogP contribution in [-0.4, -0.2) is 19.6 Å². The lowest BCUT2D eigenvalue weighted by atomic mass is 9.99. The van der Waals surface area contributed by atoms with Crippen LogP contribution in [0, 0.1) is 0 Å². The van der Waals surface area contributed by atoms with Gasteiger partial charge in [0.2, 0.25) is 5.76 Å². The molecule has 0 radical (unpaired) electrons. The van der Waals surface area contributed by atoms with E-state index < -0.39 is 11.9 Å². The Morgan fingerprint density at radius 2 is 1.97 bits per heavy atom. The fourth-order valence-electron chi connectivity index (χ4n) is 3.44. The van der Waals surface area contributed by atoms with Crippen LogP contribution in [0.4, 0.5) is 0 Å². The molecule has 1 amide bonds. The number of carbonyl (C=O) groups is 1. The molecule has 1 aromatic heterocycles. The molecular weight excluding hydrogens is 438 g/mol. The highest BCUT2D eigenvalue weighted by atomic mass is 79.9. The summed E-state index contributed by atoms with van der Waals surface area (Å²) in [6.45, 7) is 2.69. The fraction of sp³-hybridized carbons (Fsp3) is 0.273. The molecule has 1 unspecified atom stereocenters. The molecule has 7 heteroatoms. The van der Waals surface area contributed by atoms with Gasteiger partial charge in [0.15, 0.2) is 16.9 Å². The number of benzene rings is 2. The number of ether oxygens (including phenoxy) is 2. The van der Waals surface area contributed by atoms with Gasteiger partial charge in [0, 0.05) is 4.47 Å². The second-order valence-corrected chi connectivity index (χ2v) is 7.75. The predicted octanol–water partition coefficient (Wildman–Crippen LogP) is 4.58. The molecule has 0 fully saturated rings. The van der Waals surface area contributed by atoms with Crippen molar-refractivity contribution in [3.05, 3.63) is 68.0 Å². The highest BCUT2D eigenvalue weighted by Gasteiger charge is 2.36. The van der Waals surface area contributed by atoms with E-state index in [-0.39, 0.29) is 11.2 Å². The van der Waals surface area contributed by atoms with Crippen LogP contribution in [0.2, 0.25) is 0 Å². The third kappa shape index (κ3) is 3.51. The average Bonchev–Trinajstić information content (AvgIpc) is 3.06. The van der Waals surface area contributed by atoms with Crippen molar-refractivity contribution >= 4 is 32.8 Å². The molecule has 1 atom stereocenters. The lowest BCUT2D eigenvalue weighted by Crippen LogP contribution is -2.22. The van der Waals surface area contributed by atoms with Crippen molar-refractivity contribution in [3.8, 4) is 11.5 Å². The van der Waals surface area contributed by atoms with E-state index in [1.807, 2.05) is 6.07 Å². The lowest BCUT2D eigenvalue weighted by Gasteiger charge is -2.16. The molecular formula is C22H20BrNO5. The van der Waals surface area contributed by atoms with Crippen LogP contribution in [0.1, 0.15) is 47.5 Å². The van der Waals surface area contributed by atoms with Gasteiger partial charge in [-0.2, -0.15) is 0 Å². The molecule has 0 saturated heterocycles. The minimum atomic E-state index is -0.615. The number of nitrogens with one attached hydrogen (secondary N) is 1. The Balaban J connectivity index is 1.79. The molecule has 4 rings (SSSR count). The quantitative estimate of drug-likeness (QED) is 0.548. The van der Waals surface area contributed by atoms with E-state index >= 15 is 0 Å². The summed E-state index contributed by atoms with van der Waals surface area (Å²) >= 11 is 3.38. The van der Waals surface area contributed by atoms with E-state index in [9.17, 15) is 9.59 Å². The van der Waals surface area contributed by atoms with E-state index in [2.05, 4.69) is 28.2 Å². The largest absolute Gasteiger partial charge is 0.493 e. The predicted molar refractivity (Wildman–Crippen MR) is 113 cm³/mol. The number of unbranched alkanes of at least 4 members (excludes halogenated alkanes) is 1. The molecule has 0 aliphatic carbocycles. The molecule has 1 N–H and O–H groups in total. The zero-order valence-corrected chi connectivity index (χ0v) is 17.7. The van der Waals surface area contributed by atoms with Gasteiger partial charge in [-0.1, -0.05) is 35.3 Å². The molecule has 2 heterocycles. The van der Waals surface area contributed by atoms with Crippen LogP contribution in [0.5, 0.6) is 11.5 Å². The standard InChI is InChI=1S/C22H20BrNO5/c1-3-4-9-28-16-7-5-12(10-17(16)27-2)19-18-20(25)14-11-13(23)6-8-15(14)29-21(18)22(26)24-19/h5-8,10-11,19H,3-4,9H2,1-2H3,(H,24,26). The maximum atomic E-state index is 13.2. The molecule has 1 aliphatic rings. The monoisotopic (exact) mass is 457 g/mol. The van der Waals surface area contributed by atoms with Crippen molar-refractivity contribution in [1.82, 2.24) is 5.32 Å². The highest BCUT2D eigenvalue weighted by Crippen LogP contribution is 2.36. The SMILES string of the molecule is CCCCOc1ccc(C2NC(=O)c3oc4ccc(Br)cc4c(=O)c32)cc1OC. The molecule has 1 aliphatic heterocycles. The van der Waals surface area contributed by atoms with Gasteiger partial charge < -0.3 is 19.2 Å². The van der Waals surface area contributed by atoms with Gasteiger partial charge in [0.1, 0.15) is 5.58 Å². The fourth-order valence-corrected chi connectivity index (χ4v) is 3.80. The maximum Gasteiger partial charge on any atom is 0.288 e. The van der Waals surface area contributed by atoms with Crippen molar-refractivity contribution in [3.63, 3.8) is 0 Å². The Hall–Kier alpha value is -2.80. The summed E-state index contributed by atoms with van der Waals surface area (Å²) in [7, 11) is 1.56. The zero-order chi connectivity index (χ0) is 20.5.